The minimum atomic E-state index is 0.947. The lowest BCUT2D eigenvalue weighted by Gasteiger charge is -2.09. The molecule has 23 heavy (non-hydrogen) atoms. The maximum absolute atomic E-state index is 4.90. The van der Waals surface area contributed by atoms with Crippen LogP contribution in [0, 0.1) is 13.8 Å². The third-order valence-corrected chi connectivity index (χ3v) is 3.99. The molecule has 112 valence electrons. The molecule has 0 spiro atoms. The number of nitrogens with zero attached hydrogens (tertiary/aromatic N) is 3. The fourth-order valence-electron chi connectivity index (χ4n) is 3.00. The van der Waals surface area contributed by atoms with E-state index in [2.05, 4.69) is 52.0 Å². The lowest BCUT2D eigenvalue weighted by Crippen LogP contribution is -1.97. The predicted octanol–water partition coefficient (Wildman–Crippen LogP) is 4.70. The van der Waals surface area contributed by atoms with Gasteiger partial charge >= 0.3 is 0 Å². The van der Waals surface area contributed by atoms with Crippen molar-refractivity contribution in [1.29, 1.82) is 0 Å². The lowest BCUT2D eigenvalue weighted by molar-refractivity contribution is 1.10. The van der Waals surface area contributed by atoms with E-state index in [1.807, 2.05) is 38.1 Å². The second-order valence-corrected chi connectivity index (χ2v) is 5.69. The second-order valence-electron chi connectivity index (χ2n) is 5.69. The highest BCUT2D eigenvalue weighted by atomic mass is 15.1. The third kappa shape index (κ3) is 2.30. The normalized spacial score (nSPS) is 11.0. The van der Waals surface area contributed by atoms with Crippen molar-refractivity contribution in [2.24, 2.45) is 0 Å². The Morgan fingerprint density at radius 2 is 1.43 bits per heavy atom. The highest BCUT2D eigenvalue weighted by molar-refractivity contribution is 5.85. The summed E-state index contributed by atoms with van der Waals surface area (Å²) in [6.45, 7) is 4.05. The molecule has 0 amide bonds. The van der Waals surface area contributed by atoms with Gasteiger partial charge in [0.1, 0.15) is 11.3 Å². The Morgan fingerprint density at radius 3 is 2.13 bits per heavy atom. The van der Waals surface area contributed by atoms with Gasteiger partial charge in [-0.05, 0) is 32.0 Å². The number of aromatic nitrogens is 3. The van der Waals surface area contributed by atoms with Gasteiger partial charge in [-0.25, -0.2) is 4.98 Å². The number of imidazole rings is 1. The molecule has 4 rings (SSSR count). The molecule has 0 atom stereocenters. The Balaban J connectivity index is 2.12. The van der Waals surface area contributed by atoms with Crippen LogP contribution in [0.3, 0.4) is 0 Å². The van der Waals surface area contributed by atoms with Gasteiger partial charge in [0.05, 0.1) is 11.2 Å². The van der Waals surface area contributed by atoms with Crippen molar-refractivity contribution >= 4 is 11.0 Å². The molecule has 0 saturated carbocycles. The molecular weight excluding hydrogens is 282 g/mol. The highest BCUT2D eigenvalue weighted by Gasteiger charge is 2.16. The van der Waals surface area contributed by atoms with E-state index in [-0.39, 0.29) is 0 Å². The van der Waals surface area contributed by atoms with Crippen LogP contribution >= 0.6 is 0 Å². The fourth-order valence-corrected chi connectivity index (χ4v) is 3.00. The first-order valence-electron chi connectivity index (χ1n) is 7.71. The number of fused-ring (bicyclic) bond motifs is 1. The molecule has 2 aromatic carbocycles. The largest absolute Gasteiger partial charge is 0.292 e. The van der Waals surface area contributed by atoms with Crippen LogP contribution in [0.5, 0.6) is 0 Å². The standard InChI is InChI=1S/C20H17N3/c1-14-13-18-19(15(2)21-14)22-20(16-9-5-3-6-10-16)23(18)17-11-7-4-8-12-17/h3-13H,1-2H3. The SMILES string of the molecule is Cc1cc2c(nc(-c3ccccc3)n2-c2ccccc2)c(C)n1. The molecule has 4 aromatic rings. The zero-order valence-corrected chi connectivity index (χ0v) is 13.2. The van der Waals surface area contributed by atoms with E-state index < -0.39 is 0 Å². The van der Waals surface area contributed by atoms with Gasteiger partial charge in [-0.3, -0.25) is 9.55 Å². The Hall–Kier alpha value is -2.94. The molecule has 2 heterocycles. The van der Waals surface area contributed by atoms with Crippen molar-refractivity contribution in [2.75, 3.05) is 0 Å². The summed E-state index contributed by atoms with van der Waals surface area (Å²) in [4.78, 5) is 9.47. The van der Waals surface area contributed by atoms with Gasteiger partial charge in [-0.15, -0.1) is 0 Å². The predicted molar refractivity (Wildman–Crippen MR) is 93.8 cm³/mol. The lowest BCUT2D eigenvalue weighted by atomic mass is 10.2. The van der Waals surface area contributed by atoms with E-state index in [9.17, 15) is 0 Å². The minimum absolute atomic E-state index is 0.947. The van der Waals surface area contributed by atoms with Crippen LogP contribution < -0.4 is 0 Å². The fraction of sp³-hybridized carbons (Fsp3) is 0.100. The number of rotatable bonds is 2. The van der Waals surface area contributed by atoms with Gasteiger partial charge in [0, 0.05) is 16.9 Å². The second kappa shape index (κ2) is 5.36. The zero-order chi connectivity index (χ0) is 15.8. The number of benzene rings is 2. The first-order valence-corrected chi connectivity index (χ1v) is 7.71. The first-order chi connectivity index (χ1) is 11.2. The van der Waals surface area contributed by atoms with Gasteiger partial charge < -0.3 is 0 Å². The quantitative estimate of drug-likeness (QED) is 0.537. The van der Waals surface area contributed by atoms with Crippen molar-refractivity contribution in [3.8, 4) is 17.1 Å². The van der Waals surface area contributed by atoms with Crippen LogP contribution in [0.25, 0.3) is 28.1 Å². The Morgan fingerprint density at radius 1 is 0.783 bits per heavy atom. The Kier molecular flexibility index (Phi) is 3.19. The Bertz CT molecular complexity index is 970. The van der Waals surface area contributed by atoms with E-state index in [0.717, 1.165) is 39.5 Å². The van der Waals surface area contributed by atoms with Crippen LogP contribution in [-0.4, -0.2) is 14.5 Å². The smallest absolute Gasteiger partial charge is 0.145 e. The van der Waals surface area contributed by atoms with Gasteiger partial charge in [-0.2, -0.15) is 0 Å². The third-order valence-electron chi connectivity index (χ3n) is 3.99. The summed E-state index contributed by atoms with van der Waals surface area (Å²) >= 11 is 0. The summed E-state index contributed by atoms with van der Waals surface area (Å²) in [5.41, 5.74) is 6.24. The van der Waals surface area contributed by atoms with Crippen LogP contribution in [0.2, 0.25) is 0 Å². The van der Waals surface area contributed by atoms with Gasteiger partial charge in [-0.1, -0.05) is 48.5 Å². The van der Waals surface area contributed by atoms with E-state index in [0.29, 0.717) is 0 Å². The summed E-state index contributed by atoms with van der Waals surface area (Å²) in [6.07, 6.45) is 0. The topological polar surface area (TPSA) is 30.7 Å². The molecule has 0 saturated heterocycles. The summed E-state index contributed by atoms with van der Waals surface area (Å²) in [7, 11) is 0. The molecule has 0 unspecified atom stereocenters. The summed E-state index contributed by atoms with van der Waals surface area (Å²) in [5, 5.41) is 0. The van der Waals surface area contributed by atoms with Crippen molar-refractivity contribution in [3.05, 3.63) is 78.1 Å². The molecule has 3 nitrogen and oxygen atoms in total. The minimum Gasteiger partial charge on any atom is -0.292 e. The van der Waals surface area contributed by atoms with Gasteiger partial charge in [0.15, 0.2) is 0 Å². The number of para-hydroxylation sites is 1. The van der Waals surface area contributed by atoms with E-state index in [4.69, 9.17) is 4.98 Å². The number of hydrogen-bond donors (Lipinski definition) is 0. The van der Waals surface area contributed by atoms with Crippen molar-refractivity contribution in [3.63, 3.8) is 0 Å². The summed E-state index contributed by atoms with van der Waals surface area (Å²) < 4.78 is 2.21. The molecular formula is C20H17N3. The molecule has 0 aliphatic heterocycles. The van der Waals surface area contributed by atoms with Crippen molar-refractivity contribution in [2.45, 2.75) is 13.8 Å². The molecule has 0 N–H and O–H groups in total. The first kappa shape index (κ1) is 13.7. The molecule has 2 aromatic heterocycles. The van der Waals surface area contributed by atoms with Gasteiger partial charge in [0.25, 0.3) is 0 Å². The maximum atomic E-state index is 4.90. The van der Waals surface area contributed by atoms with Gasteiger partial charge in [0.2, 0.25) is 0 Å². The van der Waals surface area contributed by atoms with Crippen molar-refractivity contribution < 1.29 is 0 Å². The van der Waals surface area contributed by atoms with Crippen LogP contribution in [0.4, 0.5) is 0 Å². The number of hydrogen-bond acceptors (Lipinski definition) is 2. The monoisotopic (exact) mass is 299 g/mol. The van der Waals surface area contributed by atoms with E-state index in [1.165, 1.54) is 0 Å². The van der Waals surface area contributed by atoms with Crippen molar-refractivity contribution in [1.82, 2.24) is 14.5 Å². The molecule has 3 heteroatoms. The molecule has 0 radical (unpaired) electrons. The number of aryl methyl sites for hydroxylation is 2. The molecule has 0 bridgehead atoms. The molecule has 0 aliphatic carbocycles. The zero-order valence-electron chi connectivity index (χ0n) is 13.2. The Labute approximate surface area is 135 Å². The molecule has 0 aliphatic rings. The number of pyridine rings is 1. The van der Waals surface area contributed by atoms with Crippen LogP contribution in [0.15, 0.2) is 66.7 Å². The van der Waals surface area contributed by atoms with E-state index >= 15 is 0 Å². The van der Waals surface area contributed by atoms with Crippen LogP contribution in [0.1, 0.15) is 11.4 Å². The highest BCUT2D eigenvalue weighted by Crippen LogP contribution is 2.29. The summed E-state index contributed by atoms with van der Waals surface area (Å²) in [5.74, 6) is 0.947. The van der Waals surface area contributed by atoms with E-state index in [1.54, 1.807) is 0 Å². The average Bonchev–Trinajstić information content (AvgIpc) is 2.96. The summed E-state index contributed by atoms with van der Waals surface area (Å²) in [6, 6.07) is 22.8. The average molecular weight is 299 g/mol. The maximum Gasteiger partial charge on any atom is 0.145 e. The van der Waals surface area contributed by atoms with Crippen LogP contribution in [-0.2, 0) is 0 Å². The molecule has 0 fully saturated rings.